The van der Waals surface area contributed by atoms with Crippen molar-refractivity contribution in [3.63, 3.8) is 0 Å². The van der Waals surface area contributed by atoms with Crippen LogP contribution in [-0.4, -0.2) is 209 Å². The van der Waals surface area contributed by atoms with Gasteiger partial charge in [-0.1, -0.05) is 12.1 Å². The lowest BCUT2D eigenvalue weighted by Crippen LogP contribution is -2.52. The van der Waals surface area contributed by atoms with Crippen LogP contribution in [0.3, 0.4) is 0 Å². The minimum Gasteiger partial charge on any atom is -0.504 e. The first kappa shape index (κ1) is 63.7. The topological polar surface area (TPSA) is 427 Å². The van der Waals surface area contributed by atoms with E-state index in [1.165, 1.54) is 18.3 Å². The number of para-hydroxylation sites is 2. The standard InChI is InChI=1S/C57H60FN7O23/c58-36-23-33-40(65(30-7-8-30)25-35(46(33)70)54(78)79)24-41(36)63-11-13-64(14-12-63)45(69)9-15-83-17-19-85-20-18-84-16-10-59-50(74)29-21-34(49(73)44(68)22-29)53(77)62-39-28-88-56(81)37(60-51(75)31-3-1-5-42(66)47(31)71)26-86-55(80)38(27-87-57(39)82)61-52(76)32-4-2-6-43(67)48(32)72/h1-6,21-25,30,37-39,66-68,71-73H,7-20,26-28H2,(H,59,74)(H,60,75)(H,61,76)(H,62,77)(H,78,79). The second-order valence-electron chi connectivity index (χ2n) is 20.1. The number of aromatic nitrogens is 1. The number of esters is 3. The van der Waals surface area contributed by atoms with Crippen molar-refractivity contribution in [3.8, 4) is 34.5 Å². The van der Waals surface area contributed by atoms with Gasteiger partial charge in [0.15, 0.2) is 52.6 Å². The number of carboxylic acid groups (broad SMARTS) is 1. The number of hydrogen-bond donors (Lipinski definition) is 11. The van der Waals surface area contributed by atoms with Crippen LogP contribution in [0, 0.1) is 5.82 Å². The van der Waals surface area contributed by atoms with E-state index in [-0.39, 0.29) is 81.2 Å². The summed E-state index contributed by atoms with van der Waals surface area (Å²) in [6.45, 7) is -1.43. The highest BCUT2D eigenvalue weighted by Gasteiger charge is 2.36. The van der Waals surface area contributed by atoms with Crippen molar-refractivity contribution in [1.29, 1.82) is 0 Å². The quantitative estimate of drug-likeness (QED) is 0.0192. The number of aromatic hydroxyl groups is 6. The molecule has 1 aromatic heterocycles. The third-order valence-corrected chi connectivity index (χ3v) is 14.0. The van der Waals surface area contributed by atoms with Crippen LogP contribution in [0.25, 0.3) is 10.9 Å². The van der Waals surface area contributed by atoms with Crippen LogP contribution >= 0.6 is 0 Å². The second kappa shape index (κ2) is 28.7. The number of amides is 5. The zero-order valence-corrected chi connectivity index (χ0v) is 46.6. The number of benzene rings is 4. The van der Waals surface area contributed by atoms with Gasteiger partial charge in [-0.3, -0.25) is 28.8 Å². The SMILES string of the molecule is O=C(NCCOCCOCCOCCC(=O)N1CCN(c2cc3c(cc2F)c(=O)c(C(=O)O)cn3C2CC2)CC1)c1cc(O)c(O)c(C(=O)NC2COC(=O)C(NC(=O)c3cccc(O)c3O)COC(=O)C(NC(=O)c3cccc(O)c3O)COC2=O)c1. The number of carbonyl (C=O) groups is 9. The smallest absolute Gasteiger partial charge is 0.341 e. The van der Waals surface area contributed by atoms with Crippen molar-refractivity contribution in [2.75, 3.05) is 97.1 Å². The number of ether oxygens (including phenoxy) is 6. The van der Waals surface area contributed by atoms with Gasteiger partial charge in [-0.2, -0.15) is 0 Å². The lowest BCUT2D eigenvalue weighted by Gasteiger charge is -2.36. The number of carboxylic acids is 1. The van der Waals surface area contributed by atoms with Crippen LogP contribution in [0.2, 0.25) is 0 Å². The third kappa shape index (κ3) is 15.6. The number of phenolic OH excluding ortho intramolecular Hbond substituents is 6. The number of nitrogens with zero attached hydrogens (tertiary/aromatic N) is 3. The van der Waals surface area contributed by atoms with Crippen molar-refractivity contribution < 1.29 is 112 Å². The maximum absolute atomic E-state index is 15.4. The first-order valence-electron chi connectivity index (χ1n) is 27.3. The van der Waals surface area contributed by atoms with Crippen molar-refractivity contribution in [3.05, 3.63) is 111 Å². The lowest BCUT2D eigenvalue weighted by atomic mass is 10.1. The molecule has 468 valence electrons. The summed E-state index contributed by atoms with van der Waals surface area (Å²) in [5.74, 6) is -16.3. The Bertz CT molecular complexity index is 3520. The highest BCUT2D eigenvalue weighted by molar-refractivity contribution is 6.04. The number of halogens is 1. The number of cyclic esters (lactones) is 3. The number of anilines is 1. The number of nitrogens with one attached hydrogen (secondary N) is 4. The first-order chi connectivity index (χ1) is 42.1. The molecule has 2 saturated heterocycles. The van der Waals surface area contributed by atoms with Crippen molar-refractivity contribution in [1.82, 2.24) is 30.7 Å². The van der Waals surface area contributed by atoms with E-state index in [0.29, 0.717) is 31.7 Å². The molecule has 88 heavy (non-hydrogen) atoms. The van der Waals surface area contributed by atoms with E-state index in [0.717, 1.165) is 55.3 Å². The van der Waals surface area contributed by atoms with E-state index in [2.05, 4.69) is 21.3 Å². The highest BCUT2D eigenvalue weighted by atomic mass is 19.1. The summed E-state index contributed by atoms with van der Waals surface area (Å²) < 4.78 is 49.3. The number of pyridine rings is 1. The Balaban J connectivity index is 0.768. The molecule has 3 fully saturated rings. The van der Waals surface area contributed by atoms with Crippen molar-refractivity contribution in [2.24, 2.45) is 0 Å². The van der Waals surface area contributed by atoms with Gasteiger partial charge in [-0.05, 0) is 61.4 Å². The summed E-state index contributed by atoms with van der Waals surface area (Å²) >= 11 is 0. The molecule has 30 nitrogen and oxygen atoms in total. The summed E-state index contributed by atoms with van der Waals surface area (Å²) in [7, 11) is 0. The molecule has 3 aliphatic rings. The molecular formula is C57H60FN7O23. The summed E-state index contributed by atoms with van der Waals surface area (Å²) in [6, 6.07) is 5.00. The number of fused-ring (bicyclic) bond motifs is 1. The zero-order valence-electron chi connectivity index (χ0n) is 46.6. The second-order valence-corrected chi connectivity index (χ2v) is 20.1. The molecule has 5 aromatic rings. The molecule has 4 aromatic carbocycles. The molecule has 0 bridgehead atoms. The van der Waals surface area contributed by atoms with Gasteiger partial charge < -0.3 is 99.8 Å². The molecule has 0 spiro atoms. The Morgan fingerprint density at radius 1 is 0.568 bits per heavy atom. The van der Waals surface area contributed by atoms with Crippen LogP contribution in [0.5, 0.6) is 34.5 Å². The monoisotopic (exact) mass is 1230 g/mol. The molecule has 8 rings (SSSR count). The van der Waals surface area contributed by atoms with E-state index >= 15 is 4.39 Å². The number of hydrogen-bond acceptors (Lipinski definition) is 23. The average Bonchev–Trinajstić information content (AvgIpc) is 1.40. The normalized spacial score (nSPS) is 17.3. The molecule has 1 aliphatic carbocycles. The van der Waals surface area contributed by atoms with Crippen LogP contribution in [0.15, 0.2) is 71.7 Å². The van der Waals surface area contributed by atoms with Gasteiger partial charge in [0.05, 0.1) is 74.0 Å². The van der Waals surface area contributed by atoms with E-state index in [9.17, 15) is 83.7 Å². The van der Waals surface area contributed by atoms with Crippen molar-refractivity contribution >= 4 is 70.0 Å². The van der Waals surface area contributed by atoms with Crippen LogP contribution in [-0.2, 0) is 47.6 Å². The molecule has 2 aliphatic heterocycles. The Hall–Kier alpha value is -10.3. The Morgan fingerprint density at radius 3 is 1.57 bits per heavy atom. The van der Waals surface area contributed by atoms with Gasteiger partial charge in [0, 0.05) is 55.9 Å². The van der Waals surface area contributed by atoms with Gasteiger partial charge in [0.25, 0.3) is 23.6 Å². The van der Waals surface area contributed by atoms with Crippen LogP contribution in [0.4, 0.5) is 10.1 Å². The number of piperazine rings is 1. The lowest BCUT2D eigenvalue weighted by molar-refractivity contribution is -0.160. The molecule has 0 radical (unpaired) electrons. The molecule has 3 atom stereocenters. The van der Waals surface area contributed by atoms with Crippen LogP contribution < -0.4 is 31.6 Å². The molecule has 11 N–H and O–H groups in total. The summed E-state index contributed by atoms with van der Waals surface area (Å²) in [5, 5.41) is 80.1. The van der Waals surface area contributed by atoms with E-state index < -0.39 is 153 Å². The molecule has 5 amide bonds. The maximum Gasteiger partial charge on any atom is 0.341 e. The Morgan fingerprint density at radius 2 is 1.06 bits per heavy atom. The number of carbonyl (C=O) groups excluding carboxylic acids is 8. The average molecular weight is 1230 g/mol. The van der Waals surface area contributed by atoms with E-state index in [1.807, 2.05) is 0 Å². The van der Waals surface area contributed by atoms with Crippen LogP contribution in [0.1, 0.15) is 77.1 Å². The molecular weight excluding hydrogens is 1170 g/mol. The van der Waals surface area contributed by atoms with E-state index in [4.69, 9.17) is 28.4 Å². The first-order valence-corrected chi connectivity index (χ1v) is 27.3. The number of aromatic carboxylic acids is 1. The summed E-state index contributed by atoms with van der Waals surface area (Å²) in [6.07, 6.45) is 3.02. The minimum atomic E-state index is -2.04. The largest absolute Gasteiger partial charge is 0.504 e. The predicted molar refractivity (Wildman–Crippen MR) is 298 cm³/mol. The van der Waals surface area contributed by atoms with Gasteiger partial charge >= 0.3 is 23.9 Å². The van der Waals surface area contributed by atoms with E-state index in [1.54, 1.807) is 20.4 Å². The highest BCUT2D eigenvalue weighted by Crippen LogP contribution is 2.39. The van der Waals surface area contributed by atoms with Gasteiger partial charge in [-0.25, -0.2) is 23.6 Å². The Labute approximate surface area is 496 Å². The summed E-state index contributed by atoms with van der Waals surface area (Å²) in [4.78, 5) is 135. The number of rotatable bonds is 22. The van der Waals surface area contributed by atoms with Gasteiger partial charge in [0.1, 0.15) is 31.2 Å². The number of phenols is 6. The fraction of sp³-hybridized carbons (Fsp3) is 0.368. The molecule has 3 unspecified atom stereocenters. The minimum absolute atomic E-state index is 0.00565. The maximum atomic E-state index is 15.4. The molecule has 1 saturated carbocycles. The predicted octanol–water partition coefficient (Wildman–Crippen LogP) is 0.265. The third-order valence-electron chi connectivity index (χ3n) is 14.0. The molecule has 31 heteroatoms. The molecule has 3 heterocycles. The van der Waals surface area contributed by atoms with Crippen molar-refractivity contribution in [2.45, 2.75) is 43.4 Å². The Kier molecular flexibility index (Phi) is 20.8. The summed E-state index contributed by atoms with van der Waals surface area (Å²) in [5.41, 5.74) is -2.71. The van der Waals surface area contributed by atoms with Gasteiger partial charge in [-0.15, -0.1) is 0 Å². The zero-order chi connectivity index (χ0) is 63.3. The fourth-order valence-electron chi connectivity index (χ4n) is 9.17. The van der Waals surface area contributed by atoms with Gasteiger partial charge in [0.2, 0.25) is 11.3 Å². The fourth-order valence-corrected chi connectivity index (χ4v) is 9.17.